The van der Waals surface area contributed by atoms with Gasteiger partial charge in [0.2, 0.25) is 12.3 Å². The molecule has 0 fully saturated rings. The number of rotatable bonds is 8. The summed E-state index contributed by atoms with van der Waals surface area (Å²) in [5.41, 5.74) is -1.79. The van der Waals surface area contributed by atoms with Gasteiger partial charge in [-0.15, -0.1) is 0 Å². The molecule has 0 rings (SSSR count). The summed E-state index contributed by atoms with van der Waals surface area (Å²) in [4.78, 5) is 10.9. The van der Waals surface area contributed by atoms with E-state index in [0.29, 0.717) is 0 Å². The topological polar surface area (TPSA) is 26.3 Å². The fourth-order valence-corrected chi connectivity index (χ4v) is 1.23. The van der Waals surface area contributed by atoms with E-state index in [1.807, 2.05) is 0 Å². The van der Waals surface area contributed by atoms with Gasteiger partial charge in [0.15, 0.2) is 6.17 Å². The fourth-order valence-electron chi connectivity index (χ4n) is 1.23. The summed E-state index contributed by atoms with van der Waals surface area (Å²) in [6.07, 6.45) is -17.5. The molecule has 0 aliphatic carbocycles. The molecule has 0 N–H and O–H groups in total. The molecule has 11 heteroatoms. The second kappa shape index (κ2) is 7.23. The first-order valence-electron chi connectivity index (χ1n) is 5.64. The molecule has 2 nitrogen and oxygen atoms in total. The van der Waals surface area contributed by atoms with Crippen LogP contribution in [0.4, 0.5) is 39.5 Å². The molecule has 0 heterocycles. The lowest BCUT2D eigenvalue weighted by Gasteiger charge is -2.32. The van der Waals surface area contributed by atoms with E-state index in [-0.39, 0.29) is 0 Å². The van der Waals surface area contributed by atoms with Crippen molar-refractivity contribution in [2.45, 2.75) is 43.7 Å². The fraction of sp³-hybridized carbons (Fsp3) is 0.727. The predicted molar refractivity (Wildman–Crippen MR) is 56.4 cm³/mol. The summed E-state index contributed by atoms with van der Waals surface area (Å²) in [6.45, 7) is 3.21. The van der Waals surface area contributed by atoms with Gasteiger partial charge in [-0.1, -0.05) is 6.58 Å². The highest BCUT2D eigenvalue weighted by molar-refractivity contribution is 5.89. The van der Waals surface area contributed by atoms with Crippen LogP contribution in [0.2, 0.25) is 0 Å². The molecule has 0 aromatic rings. The number of hydrogen-bond acceptors (Lipinski definition) is 2. The maximum absolute atomic E-state index is 13.4. The third-order valence-electron chi connectivity index (χ3n) is 2.47. The van der Waals surface area contributed by atoms with E-state index in [1.165, 1.54) is 6.92 Å². The molecule has 3 atom stereocenters. The van der Waals surface area contributed by atoms with Crippen LogP contribution in [0.1, 0.15) is 6.92 Å². The van der Waals surface area contributed by atoms with Crippen molar-refractivity contribution < 1.29 is 49.0 Å². The predicted octanol–water partition coefficient (Wildman–Crippen LogP) is 3.66. The van der Waals surface area contributed by atoms with Gasteiger partial charge in [0.25, 0.3) is 6.43 Å². The second-order valence-corrected chi connectivity index (χ2v) is 4.03. The maximum atomic E-state index is 13.4. The van der Waals surface area contributed by atoms with Crippen LogP contribution in [0.15, 0.2) is 12.2 Å². The minimum absolute atomic E-state index is 0.434. The Kier molecular flexibility index (Phi) is 6.76. The standard InChI is InChI=1S/C11H11F9O2/c1-3-22-9(21)4(2)6(13)10(17,18)11(19,20)7(14)5(12)8(15)16/h5-8H,2-3H2,1H3. The van der Waals surface area contributed by atoms with Crippen LogP contribution in [0.5, 0.6) is 0 Å². The Hall–Kier alpha value is -1.42. The van der Waals surface area contributed by atoms with Gasteiger partial charge in [-0.2, -0.15) is 17.6 Å². The van der Waals surface area contributed by atoms with Gasteiger partial charge in [0, 0.05) is 0 Å². The maximum Gasteiger partial charge on any atom is 0.348 e. The summed E-state index contributed by atoms with van der Waals surface area (Å²) in [5, 5.41) is 0. The molecular formula is C11H11F9O2. The molecule has 0 aliphatic heterocycles. The van der Waals surface area contributed by atoms with Gasteiger partial charge >= 0.3 is 17.8 Å². The molecule has 0 radical (unpaired) electrons. The number of esters is 1. The average molecular weight is 346 g/mol. The summed E-state index contributed by atoms with van der Waals surface area (Å²) in [7, 11) is 0. The van der Waals surface area contributed by atoms with Crippen molar-refractivity contribution in [1.82, 2.24) is 0 Å². The highest BCUT2D eigenvalue weighted by atomic mass is 19.3. The average Bonchev–Trinajstić information content (AvgIpc) is 2.43. The normalized spacial score (nSPS) is 17.0. The van der Waals surface area contributed by atoms with Gasteiger partial charge in [-0.25, -0.2) is 26.7 Å². The van der Waals surface area contributed by atoms with Crippen LogP contribution >= 0.6 is 0 Å². The lowest BCUT2D eigenvalue weighted by Crippen LogP contribution is -2.57. The molecule has 130 valence electrons. The van der Waals surface area contributed by atoms with Gasteiger partial charge in [0.05, 0.1) is 12.2 Å². The zero-order valence-electron chi connectivity index (χ0n) is 10.9. The van der Waals surface area contributed by atoms with Crippen LogP contribution in [-0.4, -0.2) is 49.4 Å². The zero-order valence-corrected chi connectivity index (χ0v) is 10.9. The van der Waals surface area contributed by atoms with Crippen molar-refractivity contribution in [2.24, 2.45) is 0 Å². The first kappa shape index (κ1) is 20.6. The lowest BCUT2D eigenvalue weighted by atomic mass is 9.95. The summed E-state index contributed by atoms with van der Waals surface area (Å²) in [6, 6.07) is 0. The molecule has 0 saturated heterocycles. The van der Waals surface area contributed by atoms with Crippen molar-refractivity contribution in [1.29, 1.82) is 0 Å². The van der Waals surface area contributed by atoms with Crippen molar-refractivity contribution in [3.05, 3.63) is 12.2 Å². The van der Waals surface area contributed by atoms with E-state index in [1.54, 1.807) is 0 Å². The van der Waals surface area contributed by atoms with Gasteiger partial charge in [-0.05, 0) is 6.92 Å². The molecule has 0 spiro atoms. The molecule has 3 unspecified atom stereocenters. The molecule has 0 aromatic heterocycles. The highest BCUT2D eigenvalue weighted by Crippen LogP contribution is 2.45. The van der Waals surface area contributed by atoms with E-state index < -0.39 is 54.9 Å². The number of carbonyl (C=O) groups is 1. The van der Waals surface area contributed by atoms with E-state index >= 15 is 0 Å². The van der Waals surface area contributed by atoms with E-state index in [9.17, 15) is 44.3 Å². The molecule has 22 heavy (non-hydrogen) atoms. The second-order valence-electron chi connectivity index (χ2n) is 4.03. The Morgan fingerprint density at radius 3 is 1.86 bits per heavy atom. The van der Waals surface area contributed by atoms with Crippen LogP contribution in [0.25, 0.3) is 0 Å². The van der Waals surface area contributed by atoms with Crippen molar-refractivity contribution in [2.75, 3.05) is 6.61 Å². The Bertz CT molecular complexity index is 410. The number of carbonyl (C=O) groups excluding carboxylic acids is 1. The summed E-state index contributed by atoms with van der Waals surface area (Å²) < 4.78 is 119. The van der Waals surface area contributed by atoms with Crippen LogP contribution < -0.4 is 0 Å². The van der Waals surface area contributed by atoms with Gasteiger partial charge in [0.1, 0.15) is 0 Å². The summed E-state index contributed by atoms with van der Waals surface area (Å²) >= 11 is 0. The van der Waals surface area contributed by atoms with Crippen LogP contribution in [-0.2, 0) is 9.53 Å². The largest absolute Gasteiger partial charge is 0.463 e. The SMILES string of the molecule is C=C(C(=O)OCC)C(F)C(F)(F)C(F)(F)C(F)C(F)C(F)F. The Balaban J connectivity index is 5.41. The minimum Gasteiger partial charge on any atom is -0.463 e. The summed E-state index contributed by atoms with van der Waals surface area (Å²) in [5.74, 6) is -14.0. The van der Waals surface area contributed by atoms with E-state index in [4.69, 9.17) is 0 Å². The zero-order chi connectivity index (χ0) is 17.9. The van der Waals surface area contributed by atoms with Gasteiger partial charge < -0.3 is 4.74 Å². The van der Waals surface area contributed by atoms with E-state index in [0.717, 1.165) is 0 Å². The molecule has 0 aliphatic rings. The Morgan fingerprint density at radius 2 is 1.50 bits per heavy atom. The monoisotopic (exact) mass is 346 g/mol. The minimum atomic E-state index is -6.16. The van der Waals surface area contributed by atoms with Gasteiger partial charge in [-0.3, -0.25) is 0 Å². The smallest absolute Gasteiger partial charge is 0.348 e. The third kappa shape index (κ3) is 3.86. The molecule has 0 saturated carbocycles. The van der Waals surface area contributed by atoms with E-state index in [2.05, 4.69) is 11.3 Å². The Morgan fingerprint density at radius 1 is 1.05 bits per heavy atom. The molecule has 0 bridgehead atoms. The number of alkyl halides is 9. The van der Waals surface area contributed by atoms with Crippen molar-refractivity contribution >= 4 is 5.97 Å². The lowest BCUT2D eigenvalue weighted by molar-refractivity contribution is -0.271. The van der Waals surface area contributed by atoms with Crippen molar-refractivity contribution in [3.8, 4) is 0 Å². The van der Waals surface area contributed by atoms with Crippen LogP contribution in [0.3, 0.4) is 0 Å². The first-order chi connectivity index (χ1) is 9.82. The highest BCUT2D eigenvalue weighted by Gasteiger charge is 2.69. The number of halogens is 9. The molecule has 0 amide bonds. The van der Waals surface area contributed by atoms with Crippen LogP contribution in [0, 0.1) is 0 Å². The third-order valence-corrected chi connectivity index (χ3v) is 2.47. The Labute approximate surface area is 118 Å². The molecular weight excluding hydrogens is 335 g/mol. The number of ether oxygens (including phenoxy) is 1. The quantitative estimate of drug-likeness (QED) is 0.381. The number of hydrogen-bond donors (Lipinski definition) is 0. The molecule has 0 aromatic carbocycles. The van der Waals surface area contributed by atoms with Crippen molar-refractivity contribution in [3.63, 3.8) is 0 Å². The first-order valence-corrected chi connectivity index (χ1v) is 5.64.